The molecule has 136 valence electrons. The van der Waals surface area contributed by atoms with Crippen molar-refractivity contribution in [3.05, 3.63) is 48.0 Å². The first kappa shape index (κ1) is 16.8. The minimum absolute atomic E-state index is 0.0124. The van der Waals surface area contributed by atoms with Crippen LogP contribution in [0.5, 0.6) is 0 Å². The van der Waals surface area contributed by atoms with Gasteiger partial charge in [-0.15, -0.1) is 0 Å². The number of rotatable bonds is 3. The van der Waals surface area contributed by atoms with Crippen LogP contribution in [0.25, 0.3) is 0 Å². The highest BCUT2D eigenvalue weighted by atomic mass is 19.1. The Bertz CT molecular complexity index is 768. The lowest BCUT2D eigenvalue weighted by atomic mass is 10.2. The third-order valence-corrected chi connectivity index (χ3v) is 5.03. The van der Waals surface area contributed by atoms with E-state index >= 15 is 0 Å². The number of carbonyl (C=O) groups excluding carboxylic acids is 1. The molecule has 0 radical (unpaired) electrons. The average molecular weight is 355 g/mol. The summed E-state index contributed by atoms with van der Waals surface area (Å²) in [6, 6.07) is 6.85. The number of carbonyl (C=O) groups is 1. The Kier molecular flexibility index (Phi) is 4.69. The van der Waals surface area contributed by atoms with Crippen molar-refractivity contribution in [3.8, 4) is 0 Å². The van der Waals surface area contributed by atoms with Crippen LogP contribution in [-0.4, -0.2) is 60.0 Å². The van der Waals surface area contributed by atoms with Crippen molar-refractivity contribution in [2.45, 2.75) is 12.8 Å². The van der Waals surface area contributed by atoms with Crippen LogP contribution in [0.15, 0.2) is 36.7 Å². The average Bonchev–Trinajstić information content (AvgIpc) is 3.23. The summed E-state index contributed by atoms with van der Waals surface area (Å²) in [6.07, 6.45) is 5.37. The zero-order valence-corrected chi connectivity index (χ0v) is 14.6. The molecule has 2 fully saturated rings. The van der Waals surface area contributed by atoms with Crippen molar-refractivity contribution in [3.63, 3.8) is 0 Å². The number of halogens is 1. The molecule has 26 heavy (non-hydrogen) atoms. The molecule has 0 aliphatic carbocycles. The first-order valence-electron chi connectivity index (χ1n) is 9.08. The highest BCUT2D eigenvalue weighted by molar-refractivity contribution is 5.93. The first-order chi connectivity index (χ1) is 12.7. The van der Waals surface area contributed by atoms with Crippen molar-refractivity contribution in [1.82, 2.24) is 14.9 Å². The Morgan fingerprint density at radius 3 is 2.15 bits per heavy atom. The fraction of sp³-hybridized carbons (Fsp3) is 0.421. The van der Waals surface area contributed by atoms with Gasteiger partial charge in [-0.2, -0.15) is 0 Å². The summed E-state index contributed by atoms with van der Waals surface area (Å²) in [7, 11) is 0. The van der Waals surface area contributed by atoms with Crippen LogP contribution in [-0.2, 0) is 0 Å². The summed E-state index contributed by atoms with van der Waals surface area (Å²) in [5, 5.41) is 0. The molecular formula is C19H22FN5O. The number of anilines is 2. The number of piperazine rings is 1. The normalized spacial score (nSPS) is 17.7. The van der Waals surface area contributed by atoms with Crippen LogP contribution in [0.1, 0.15) is 23.2 Å². The predicted molar refractivity (Wildman–Crippen MR) is 98.0 cm³/mol. The molecular weight excluding hydrogens is 333 g/mol. The molecule has 2 aliphatic heterocycles. The molecule has 0 saturated carbocycles. The Labute approximate surface area is 152 Å². The molecule has 0 bridgehead atoms. The van der Waals surface area contributed by atoms with Gasteiger partial charge in [-0.3, -0.25) is 4.79 Å². The number of amides is 1. The minimum atomic E-state index is -0.193. The predicted octanol–water partition coefficient (Wildman–Crippen LogP) is 2.18. The van der Waals surface area contributed by atoms with Gasteiger partial charge in [0.15, 0.2) is 0 Å². The number of aromatic nitrogens is 2. The van der Waals surface area contributed by atoms with Crippen LogP contribution in [0.3, 0.4) is 0 Å². The van der Waals surface area contributed by atoms with E-state index < -0.39 is 0 Å². The minimum Gasteiger partial charge on any atom is -0.366 e. The number of hydrogen-bond acceptors (Lipinski definition) is 5. The van der Waals surface area contributed by atoms with Gasteiger partial charge in [0, 0.05) is 51.7 Å². The van der Waals surface area contributed by atoms with E-state index in [-0.39, 0.29) is 11.7 Å². The number of likely N-dealkylation sites (tertiary alicyclic amines) is 1. The molecule has 0 spiro atoms. The Morgan fingerprint density at radius 2 is 1.50 bits per heavy atom. The summed E-state index contributed by atoms with van der Waals surface area (Å²) in [5.41, 5.74) is 1.18. The van der Waals surface area contributed by atoms with Gasteiger partial charge >= 0.3 is 0 Å². The number of hydrogen-bond donors (Lipinski definition) is 0. The van der Waals surface area contributed by atoms with Gasteiger partial charge in [0.25, 0.3) is 5.91 Å². The number of para-hydroxylation sites is 1. The van der Waals surface area contributed by atoms with E-state index in [0.717, 1.165) is 25.9 Å². The molecule has 0 atom stereocenters. The molecule has 3 heterocycles. The maximum atomic E-state index is 13.9. The molecule has 2 aliphatic rings. The Hall–Kier alpha value is -2.70. The fourth-order valence-corrected chi connectivity index (χ4v) is 3.55. The zero-order chi connectivity index (χ0) is 17.9. The molecule has 1 aromatic carbocycles. The van der Waals surface area contributed by atoms with Crippen molar-refractivity contribution >= 4 is 17.5 Å². The highest BCUT2D eigenvalue weighted by Crippen LogP contribution is 2.21. The first-order valence-corrected chi connectivity index (χ1v) is 9.08. The lowest BCUT2D eigenvalue weighted by Gasteiger charge is -2.36. The highest BCUT2D eigenvalue weighted by Gasteiger charge is 2.23. The second kappa shape index (κ2) is 7.27. The van der Waals surface area contributed by atoms with Crippen molar-refractivity contribution in [2.24, 2.45) is 0 Å². The van der Waals surface area contributed by atoms with Gasteiger partial charge in [0.2, 0.25) is 5.95 Å². The molecule has 1 amide bonds. The van der Waals surface area contributed by atoms with Gasteiger partial charge in [0.05, 0.1) is 11.3 Å². The van der Waals surface area contributed by atoms with E-state index in [1.165, 1.54) is 6.07 Å². The Balaban J connectivity index is 1.38. The molecule has 0 unspecified atom stereocenters. The van der Waals surface area contributed by atoms with E-state index in [2.05, 4.69) is 14.9 Å². The van der Waals surface area contributed by atoms with Crippen LogP contribution >= 0.6 is 0 Å². The molecule has 0 N–H and O–H groups in total. The lowest BCUT2D eigenvalue weighted by Crippen LogP contribution is -2.47. The smallest absolute Gasteiger partial charge is 0.256 e. The van der Waals surface area contributed by atoms with Crippen LogP contribution < -0.4 is 9.80 Å². The van der Waals surface area contributed by atoms with Crippen molar-refractivity contribution in [2.75, 3.05) is 49.1 Å². The third kappa shape index (κ3) is 3.34. The number of nitrogens with zero attached hydrogens (tertiary/aromatic N) is 5. The van der Waals surface area contributed by atoms with Crippen molar-refractivity contribution in [1.29, 1.82) is 0 Å². The number of benzene rings is 1. The summed E-state index contributed by atoms with van der Waals surface area (Å²) in [5.74, 6) is 0.441. The largest absolute Gasteiger partial charge is 0.366 e. The quantitative estimate of drug-likeness (QED) is 0.845. The molecule has 2 saturated heterocycles. The van der Waals surface area contributed by atoms with Gasteiger partial charge in [-0.1, -0.05) is 12.1 Å². The van der Waals surface area contributed by atoms with E-state index in [4.69, 9.17) is 0 Å². The van der Waals surface area contributed by atoms with E-state index in [1.54, 1.807) is 24.5 Å². The van der Waals surface area contributed by atoms with Gasteiger partial charge < -0.3 is 14.7 Å². The van der Waals surface area contributed by atoms with E-state index in [0.29, 0.717) is 43.4 Å². The summed E-state index contributed by atoms with van der Waals surface area (Å²) < 4.78 is 13.9. The Morgan fingerprint density at radius 1 is 0.885 bits per heavy atom. The van der Waals surface area contributed by atoms with Gasteiger partial charge in [-0.05, 0) is 25.0 Å². The van der Waals surface area contributed by atoms with Gasteiger partial charge in [0.1, 0.15) is 5.82 Å². The lowest BCUT2D eigenvalue weighted by molar-refractivity contribution is 0.0792. The molecule has 4 rings (SSSR count). The molecule has 6 nitrogen and oxygen atoms in total. The molecule has 1 aromatic heterocycles. The standard InChI is InChI=1S/C19H22FN5O/c20-16-5-1-2-6-17(16)23-9-11-25(12-10-23)19-21-13-15(14-22-19)18(26)24-7-3-4-8-24/h1-2,5-6,13-14H,3-4,7-12H2. The zero-order valence-electron chi connectivity index (χ0n) is 14.6. The maximum absolute atomic E-state index is 13.9. The van der Waals surface area contributed by atoms with Crippen LogP contribution in [0.4, 0.5) is 16.0 Å². The summed E-state index contributed by atoms with van der Waals surface area (Å²) in [4.78, 5) is 27.1. The van der Waals surface area contributed by atoms with E-state index in [1.807, 2.05) is 15.9 Å². The molecule has 7 heteroatoms. The monoisotopic (exact) mass is 355 g/mol. The van der Waals surface area contributed by atoms with E-state index in [9.17, 15) is 9.18 Å². The maximum Gasteiger partial charge on any atom is 0.256 e. The topological polar surface area (TPSA) is 52.6 Å². The second-order valence-electron chi connectivity index (χ2n) is 6.70. The SMILES string of the molecule is O=C(c1cnc(N2CCN(c3ccccc3F)CC2)nc1)N1CCCC1. The fourth-order valence-electron chi connectivity index (χ4n) is 3.55. The third-order valence-electron chi connectivity index (χ3n) is 5.03. The van der Waals surface area contributed by atoms with Gasteiger partial charge in [-0.25, -0.2) is 14.4 Å². The second-order valence-corrected chi connectivity index (χ2v) is 6.70. The van der Waals surface area contributed by atoms with Crippen molar-refractivity contribution < 1.29 is 9.18 Å². The molecule has 2 aromatic rings. The van der Waals surface area contributed by atoms with Crippen LogP contribution in [0, 0.1) is 5.82 Å². The summed E-state index contributed by atoms with van der Waals surface area (Å²) >= 11 is 0. The van der Waals surface area contributed by atoms with Crippen LogP contribution in [0.2, 0.25) is 0 Å². The summed E-state index contributed by atoms with van der Waals surface area (Å²) in [6.45, 7) is 4.48.